The number of pyridine rings is 1. The fraction of sp³-hybridized carbons (Fsp3) is 0.154. The molecule has 0 N–H and O–H groups in total. The summed E-state index contributed by atoms with van der Waals surface area (Å²) in [5.74, 6) is 0. The van der Waals surface area contributed by atoms with Crippen molar-refractivity contribution in [2.75, 3.05) is 0 Å². The third-order valence-corrected chi connectivity index (χ3v) is 2.99. The highest BCUT2D eigenvalue weighted by Gasteiger charge is 2.31. The molecule has 0 saturated heterocycles. The van der Waals surface area contributed by atoms with Crippen molar-refractivity contribution in [2.24, 2.45) is 0 Å². The van der Waals surface area contributed by atoms with Crippen LogP contribution in [-0.2, 0) is 6.18 Å². The van der Waals surface area contributed by atoms with Gasteiger partial charge in [-0.15, -0.1) is 0 Å². The van der Waals surface area contributed by atoms with Gasteiger partial charge in [0.15, 0.2) is 0 Å². The number of aromatic nitrogens is 1. The molecule has 0 aliphatic rings. The minimum atomic E-state index is -4.53. The van der Waals surface area contributed by atoms with Crippen molar-refractivity contribution in [1.82, 2.24) is 4.98 Å². The van der Waals surface area contributed by atoms with E-state index in [1.54, 1.807) is 0 Å². The fourth-order valence-corrected chi connectivity index (χ4v) is 2.04. The molecule has 1 aromatic carbocycles. The maximum atomic E-state index is 12.7. The van der Waals surface area contributed by atoms with E-state index in [-0.39, 0.29) is 27.7 Å². The molecule has 0 aliphatic heterocycles. The smallest absolute Gasteiger partial charge is 0.258 e. The SMILES string of the molecule is Cc1nc(-c2cc(Cl)cc(C(F)(F)F)c2)ccc1[N+](=O)[O-]. The number of benzene rings is 1. The minimum absolute atomic E-state index is 0.0855. The second kappa shape index (κ2) is 5.33. The van der Waals surface area contributed by atoms with Crippen LogP contribution in [0.5, 0.6) is 0 Å². The molecule has 0 fully saturated rings. The number of hydrogen-bond acceptors (Lipinski definition) is 3. The Morgan fingerprint density at radius 2 is 1.90 bits per heavy atom. The predicted octanol–water partition coefficient (Wildman–Crippen LogP) is 4.64. The Labute approximate surface area is 122 Å². The second-order valence-electron chi connectivity index (χ2n) is 4.28. The molecule has 0 spiro atoms. The van der Waals surface area contributed by atoms with Crippen molar-refractivity contribution in [3.8, 4) is 11.3 Å². The van der Waals surface area contributed by atoms with Crippen LogP contribution < -0.4 is 0 Å². The first-order valence-electron chi connectivity index (χ1n) is 5.68. The summed E-state index contributed by atoms with van der Waals surface area (Å²) >= 11 is 5.69. The van der Waals surface area contributed by atoms with Gasteiger partial charge in [0.1, 0.15) is 5.69 Å². The van der Waals surface area contributed by atoms with E-state index in [0.717, 1.165) is 12.1 Å². The Kier molecular flexibility index (Phi) is 3.87. The summed E-state index contributed by atoms with van der Waals surface area (Å²) in [5.41, 5.74) is -0.649. The molecule has 21 heavy (non-hydrogen) atoms. The summed E-state index contributed by atoms with van der Waals surface area (Å²) in [6.45, 7) is 1.41. The average Bonchev–Trinajstić information content (AvgIpc) is 2.36. The highest BCUT2D eigenvalue weighted by Crippen LogP contribution is 2.34. The van der Waals surface area contributed by atoms with Gasteiger partial charge in [0.2, 0.25) is 0 Å². The van der Waals surface area contributed by atoms with Crippen LogP contribution >= 0.6 is 11.6 Å². The van der Waals surface area contributed by atoms with Crippen molar-refractivity contribution in [3.63, 3.8) is 0 Å². The molecular weight excluding hydrogens is 309 g/mol. The zero-order chi connectivity index (χ0) is 15.8. The lowest BCUT2D eigenvalue weighted by Crippen LogP contribution is -2.05. The number of nitrogens with zero attached hydrogens (tertiary/aromatic N) is 2. The molecule has 1 aromatic heterocycles. The van der Waals surface area contributed by atoms with Gasteiger partial charge in [-0.05, 0) is 31.2 Å². The van der Waals surface area contributed by atoms with Crippen molar-refractivity contribution in [1.29, 1.82) is 0 Å². The summed E-state index contributed by atoms with van der Waals surface area (Å²) < 4.78 is 38.2. The maximum Gasteiger partial charge on any atom is 0.416 e. The first-order valence-corrected chi connectivity index (χ1v) is 6.06. The Hall–Kier alpha value is -2.15. The van der Waals surface area contributed by atoms with Crippen LogP contribution in [0, 0.1) is 17.0 Å². The molecule has 0 atom stereocenters. The van der Waals surface area contributed by atoms with E-state index in [9.17, 15) is 23.3 Å². The molecule has 2 rings (SSSR count). The average molecular weight is 317 g/mol. The largest absolute Gasteiger partial charge is 0.416 e. The van der Waals surface area contributed by atoms with Crippen molar-refractivity contribution in [2.45, 2.75) is 13.1 Å². The number of rotatable bonds is 2. The van der Waals surface area contributed by atoms with Crippen LogP contribution in [0.1, 0.15) is 11.3 Å². The molecule has 0 aliphatic carbocycles. The van der Waals surface area contributed by atoms with Crippen LogP contribution in [0.4, 0.5) is 18.9 Å². The van der Waals surface area contributed by atoms with Gasteiger partial charge >= 0.3 is 6.18 Å². The molecule has 0 saturated carbocycles. The van der Waals surface area contributed by atoms with E-state index in [1.165, 1.54) is 25.1 Å². The van der Waals surface area contributed by atoms with E-state index in [2.05, 4.69) is 4.98 Å². The standard InChI is InChI=1S/C13H8ClF3N2O2/c1-7-12(19(20)21)3-2-11(18-7)8-4-9(13(15,16)17)6-10(14)5-8/h2-6H,1H3. The van der Waals surface area contributed by atoms with Gasteiger partial charge in [0.05, 0.1) is 16.2 Å². The molecule has 8 heteroatoms. The van der Waals surface area contributed by atoms with Gasteiger partial charge in [0, 0.05) is 16.7 Å². The molecule has 0 amide bonds. The highest BCUT2D eigenvalue weighted by molar-refractivity contribution is 6.31. The third kappa shape index (κ3) is 3.30. The number of halogens is 4. The van der Waals surface area contributed by atoms with Gasteiger partial charge in [-0.2, -0.15) is 13.2 Å². The Bertz CT molecular complexity index is 717. The second-order valence-corrected chi connectivity index (χ2v) is 4.72. The molecule has 110 valence electrons. The molecule has 0 bridgehead atoms. The lowest BCUT2D eigenvalue weighted by Gasteiger charge is -2.10. The van der Waals surface area contributed by atoms with Crippen LogP contribution in [0.3, 0.4) is 0 Å². The van der Waals surface area contributed by atoms with Gasteiger partial charge in [0.25, 0.3) is 5.69 Å². The van der Waals surface area contributed by atoms with E-state index in [1.807, 2.05) is 0 Å². The minimum Gasteiger partial charge on any atom is -0.258 e. The lowest BCUT2D eigenvalue weighted by molar-refractivity contribution is -0.385. The van der Waals surface area contributed by atoms with E-state index < -0.39 is 16.7 Å². The van der Waals surface area contributed by atoms with Gasteiger partial charge in [-0.25, -0.2) is 4.98 Å². The van der Waals surface area contributed by atoms with E-state index >= 15 is 0 Å². The van der Waals surface area contributed by atoms with Crippen molar-refractivity contribution >= 4 is 17.3 Å². The van der Waals surface area contributed by atoms with Crippen molar-refractivity contribution < 1.29 is 18.1 Å². The van der Waals surface area contributed by atoms with Crippen molar-refractivity contribution in [3.05, 3.63) is 56.7 Å². The summed E-state index contributed by atoms with van der Waals surface area (Å²) in [7, 11) is 0. The zero-order valence-electron chi connectivity index (χ0n) is 10.6. The van der Waals surface area contributed by atoms with E-state index in [0.29, 0.717) is 0 Å². The van der Waals surface area contributed by atoms with E-state index in [4.69, 9.17) is 11.6 Å². The van der Waals surface area contributed by atoms with Gasteiger partial charge < -0.3 is 0 Å². The first-order chi connectivity index (χ1) is 9.68. The number of aryl methyl sites for hydroxylation is 1. The number of nitro groups is 1. The molecule has 0 radical (unpaired) electrons. The maximum absolute atomic E-state index is 12.7. The first kappa shape index (κ1) is 15.2. The van der Waals surface area contributed by atoms with Crippen LogP contribution in [-0.4, -0.2) is 9.91 Å². The van der Waals surface area contributed by atoms with Gasteiger partial charge in [-0.3, -0.25) is 10.1 Å². The molecule has 4 nitrogen and oxygen atoms in total. The zero-order valence-corrected chi connectivity index (χ0v) is 11.4. The Balaban J connectivity index is 2.54. The quantitative estimate of drug-likeness (QED) is 0.599. The third-order valence-electron chi connectivity index (χ3n) is 2.78. The molecule has 1 heterocycles. The lowest BCUT2D eigenvalue weighted by atomic mass is 10.1. The van der Waals surface area contributed by atoms with Crippen LogP contribution in [0.15, 0.2) is 30.3 Å². The van der Waals surface area contributed by atoms with Crippen LogP contribution in [0.2, 0.25) is 5.02 Å². The van der Waals surface area contributed by atoms with Gasteiger partial charge in [-0.1, -0.05) is 11.6 Å². The van der Waals surface area contributed by atoms with Crippen LogP contribution in [0.25, 0.3) is 11.3 Å². The predicted molar refractivity (Wildman–Crippen MR) is 71.1 cm³/mol. The monoisotopic (exact) mass is 316 g/mol. The summed E-state index contributed by atoms with van der Waals surface area (Å²) in [4.78, 5) is 14.1. The molecular formula is C13H8ClF3N2O2. The molecule has 0 unspecified atom stereocenters. The topological polar surface area (TPSA) is 56.0 Å². The molecule has 2 aromatic rings. The summed E-state index contributed by atoms with van der Waals surface area (Å²) in [5, 5.41) is 10.6. The Morgan fingerprint density at radius 1 is 1.24 bits per heavy atom. The fourth-order valence-electron chi connectivity index (χ4n) is 1.81. The Morgan fingerprint density at radius 3 is 2.43 bits per heavy atom. The summed E-state index contributed by atoms with van der Waals surface area (Å²) in [6.07, 6.45) is -4.53. The number of alkyl halides is 3. The normalized spacial score (nSPS) is 11.5. The number of hydrogen-bond donors (Lipinski definition) is 0. The highest BCUT2D eigenvalue weighted by atomic mass is 35.5. The summed E-state index contributed by atoms with van der Waals surface area (Å²) in [6, 6.07) is 5.52.